The third-order valence-electron chi connectivity index (χ3n) is 5.51. The molecular weight excluding hydrogens is 364 g/mol. The van der Waals surface area contributed by atoms with Crippen molar-refractivity contribution in [3.63, 3.8) is 0 Å². The van der Waals surface area contributed by atoms with E-state index < -0.39 is 5.60 Å². The monoisotopic (exact) mass is 390 g/mol. The van der Waals surface area contributed by atoms with Gasteiger partial charge >= 0.3 is 0 Å². The predicted octanol–water partition coefficient (Wildman–Crippen LogP) is 4.13. The lowest BCUT2D eigenvalue weighted by Gasteiger charge is -2.31. The van der Waals surface area contributed by atoms with Crippen LogP contribution in [0.2, 0.25) is 0 Å². The molecule has 1 aromatic heterocycles. The van der Waals surface area contributed by atoms with Crippen molar-refractivity contribution < 1.29 is 14.1 Å². The minimum absolute atomic E-state index is 0.0172. The maximum absolute atomic E-state index is 13.3. The van der Waals surface area contributed by atoms with Crippen LogP contribution in [0.1, 0.15) is 24.2 Å². The first-order valence-corrected chi connectivity index (χ1v) is 10.1. The van der Waals surface area contributed by atoms with Crippen molar-refractivity contribution in [2.24, 2.45) is 0 Å². The molecule has 0 bridgehead atoms. The first-order chi connectivity index (χ1) is 14.2. The van der Waals surface area contributed by atoms with Gasteiger partial charge in [-0.05, 0) is 24.8 Å². The van der Waals surface area contributed by atoms with E-state index in [1.807, 2.05) is 61.6 Å². The zero-order valence-electron chi connectivity index (χ0n) is 16.7. The van der Waals surface area contributed by atoms with E-state index in [-0.39, 0.29) is 5.91 Å². The third kappa shape index (κ3) is 4.40. The zero-order chi connectivity index (χ0) is 20.1. The molecule has 1 aliphatic rings. The average Bonchev–Trinajstić information content (AvgIpc) is 3.44. The Morgan fingerprint density at radius 2 is 1.83 bits per heavy atom. The largest absolute Gasteiger partial charge is 0.365 e. The summed E-state index contributed by atoms with van der Waals surface area (Å²) >= 11 is 0. The van der Waals surface area contributed by atoms with Gasteiger partial charge in [0.25, 0.3) is 5.91 Å². The lowest BCUT2D eigenvalue weighted by atomic mass is 9.92. The fraction of sp³-hybridized carbons (Fsp3) is 0.333. The van der Waals surface area contributed by atoms with Crippen molar-refractivity contribution in [3.8, 4) is 11.3 Å². The fourth-order valence-corrected chi connectivity index (χ4v) is 3.89. The Morgan fingerprint density at radius 1 is 1.10 bits per heavy atom. The molecule has 0 saturated carbocycles. The number of aromatic nitrogens is 1. The molecule has 2 aromatic carbocycles. The molecule has 1 saturated heterocycles. The molecule has 0 radical (unpaired) electrons. The van der Waals surface area contributed by atoms with Gasteiger partial charge in [0, 0.05) is 38.2 Å². The topological polar surface area (TPSA) is 55.6 Å². The first-order valence-electron chi connectivity index (χ1n) is 10.1. The summed E-state index contributed by atoms with van der Waals surface area (Å²) in [4.78, 5) is 15.1. The second kappa shape index (κ2) is 8.62. The maximum atomic E-state index is 13.3. The molecule has 1 atom stereocenters. The van der Waals surface area contributed by atoms with Crippen LogP contribution in [0.3, 0.4) is 0 Å². The lowest BCUT2D eigenvalue weighted by molar-refractivity contribution is -0.151. The second-order valence-corrected chi connectivity index (χ2v) is 7.63. The summed E-state index contributed by atoms with van der Waals surface area (Å²) < 4.78 is 11.6. The molecule has 0 spiro atoms. The lowest BCUT2D eigenvalue weighted by Crippen LogP contribution is -2.49. The van der Waals surface area contributed by atoms with Gasteiger partial charge in [-0.2, -0.15) is 0 Å². The van der Waals surface area contributed by atoms with Crippen LogP contribution in [0.5, 0.6) is 0 Å². The summed E-state index contributed by atoms with van der Waals surface area (Å²) in [7, 11) is 1.85. The standard InChI is InChI=1S/C24H26N2O3/c1-26(15-13-19-9-4-2-5-10-19)23(27)24(14-8-16-28-24)18-21-17-22(25-29-21)20-11-6-3-7-12-20/h2-7,9-12,17H,8,13-16,18H2,1H3. The molecule has 0 aliphatic carbocycles. The quantitative estimate of drug-likeness (QED) is 0.609. The van der Waals surface area contributed by atoms with Gasteiger partial charge in [-0.25, -0.2) is 0 Å². The Morgan fingerprint density at radius 3 is 2.52 bits per heavy atom. The molecule has 2 heterocycles. The summed E-state index contributed by atoms with van der Waals surface area (Å²) in [6.45, 7) is 1.25. The maximum Gasteiger partial charge on any atom is 0.255 e. The van der Waals surface area contributed by atoms with Gasteiger partial charge in [-0.15, -0.1) is 0 Å². The molecule has 150 valence electrons. The van der Waals surface area contributed by atoms with Crippen LogP contribution in [-0.4, -0.2) is 41.8 Å². The summed E-state index contributed by atoms with van der Waals surface area (Å²) in [6.07, 6.45) is 2.79. The van der Waals surface area contributed by atoms with Gasteiger partial charge < -0.3 is 14.2 Å². The highest BCUT2D eigenvalue weighted by Crippen LogP contribution is 2.32. The number of rotatable bonds is 7. The highest BCUT2D eigenvalue weighted by atomic mass is 16.5. The number of nitrogens with zero attached hydrogens (tertiary/aromatic N) is 2. The number of carbonyl (C=O) groups excluding carboxylic acids is 1. The van der Waals surface area contributed by atoms with Crippen LogP contribution in [0.15, 0.2) is 71.3 Å². The van der Waals surface area contributed by atoms with Crippen molar-refractivity contribution in [3.05, 3.63) is 78.1 Å². The van der Waals surface area contributed by atoms with Gasteiger partial charge in [-0.3, -0.25) is 4.79 Å². The van der Waals surface area contributed by atoms with Crippen LogP contribution in [-0.2, 0) is 22.4 Å². The van der Waals surface area contributed by atoms with E-state index in [4.69, 9.17) is 9.26 Å². The van der Waals surface area contributed by atoms with E-state index in [2.05, 4.69) is 17.3 Å². The Bertz CT molecular complexity index is 931. The van der Waals surface area contributed by atoms with Crippen molar-refractivity contribution in [1.82, 2.24) is 10.1 Å². The Balaban J connectivity index is 1.46. The van der Waals surface area contributed by atoms with E-state index in [0.29, 0.717) is 31.8 Å². The highest BCUT2D eigenvalue weighted by molar-refractivity contribution is 5.85. The molecule has 29 heavy (non-hydrogen) atoms. The molecule has 5 heteroatoms. The van der Waals surface area contributed by atoms with Crippen LogP contribution < -0.4 is 0 Å². The van der Waals surface area contributed by atoms with Crippen molar-refractivity contribution >= 4 is 5.91 Å². The van der Waals surface area contributed by atoms with Gasteiger partial charge in [0.05, 0.1) is 0 Å². The Kier molecular flexibility index (Phi) is 5.76. The molecule has 1 unspecified atom stereocenters. The summed E-state index contributed by atoms with van der Waals surface area (Å²) in [6, 6.07) is 22.0. The number of benzene rings is 2. The summed E-state index contributed by atoms with van der Waals surface area (Å²) in [5.41, 5.74) is 2.13. The van der Waals surface area contributed by atoms with E-state index in [9.17, 15) is 4.79 Å². The highest BCUT2D eigenvalue weighted by Gasteiger charge is 2.45. The van der Waals surface area contributed by atoms with E-state index >= 15 is 0 Å². The van der Waals surface area contributed by atoms with Crippen LogP contribution in [0.4, 0.5) is 0 Å². The van der Waals surface area contributed by atoms with Crippen LogP contribution >= 0.6 is 0 Å². The number of carbonyl (C=O) groups is 1. The zero-order valence-corrected chi connectivity index (χ0v) is 16.7. The van der Waals surface area contributed by atoms with Crippen LogP contribution in [0.25, 0.3) is 11.3 Å². The van der Waals surface area contributed by atoms with E-state index in [1.165, 1.54) is 5.56 Å². The minimum atomic E-state index is -0.862. The molecular formula is C24H26N2O3. The van der Waals surface area contributed by atoms with Gasteiger partial charge in [0.2, 0.25) is 0 Å². The Hall–Kier alpha value is -2.92. The van der Waals surface area contributed by atoms with Crippen LogP contribution in [0, 0.1) is 0 Å². The van der Waals surface area contributed by atoms with Gasteiger partial charge in [-0.1, -0.05) is 65.8 Å². The molecule has 1 aliphatic heterocycles. The molecule has 5 nitrogen and oxygen atoms in total. The van der Waals surface area contributed by atoms with Crippen molar-refractivity contribution in [2.75, 3.05) is 20.2 Å². The van der Waals surface area contributed by atoms with Gasteiger partial charge in [0.1, 0.15) is 11.5 Å². The molecule has 3 aromatic rings. The SMILES string of the molecule is CN(CCc1ccccc1)C(=O)C1(Cc2cc(-c3ccccc3)no2)CCCO1. The predicted molar refractivity (Wildman–Crippen MR) is 111 cm³/mol. The van der Waals surface area contributed by atoms with E-state index in [1.54, 1.807) is 4.90 Å². The summed E-state index contributed by atoms with van der Waals surface area (Å²) in [5, 5.41) is 4.18. The molecule has 4 rings (SSSR count). The number of amides is 1. The normalized spacial score (nSPS) is 18.7. The molecule has 1 fully saturated rings. The fourth-order valence-electron chi connectivity index (χ4n) is 3.89. The third-order valence-corrected chi connectivity index (χ3v) is 5.51. The number of hydrogen-bond donors (Lipinski definition) is 0. The number of hydrogen-bond acceptors (Lipinski definition) is 4. The minimum Gasteiger partial charge on any atom is -0.365 e. The first kappa shape index (κ1) is 19.4. The summed E-state index contributed by atoms with van der Waals surface area (Å²) in [5.74, 6) is 0.694. The smallest absolute Gasteiger partial charge is 0.255 e. The van der Waals surface area contributed by atoms with Crippen molar-refractivity contribution in [2.45, 2.75) is 31.3 Å². The molecule has 1 amide bonds. The Labute approximate surface area is 171 Å². The average molecular weight is 390 g/mol. The van der Waals surface area contributed by atoms with E-state index in [0.717, 1.165) is 24.1 Å². The number of ether oxygens (including phenoxy) is 1. The number of likely N-dealkylation sites (N-methyl/N-ethyl adjacent to an activating group) is 1. The van der Waals surface area contributed by atoms with Crippen molar-refractivity contribution in [1.29, 1.82) is 0 Å². The van der Waals surface area contributed by atoms with Gasteiger partial charge in [0.15, 0.2) is 5.60 Å². The second-order valence-electron chi connectivity index (χ2n) is 7.63. The molecule has 0 N–H and O–H groups in total.